The van der Waals surface area contributed by atoms with E-state index in [0.29, 0.717) is 0 Å². The van der Waals surface area contributed by atoms with Gasteiger partial charge in [-0.3, -0.25) is 4.90 Å². The molecule has 0 spiro atoms. The van der Waals surface area contributed by atoms with E-state index in [-0.39, 0.29) is 0 Å². The highest BCUT2D eigenvalue weighted by Gasteiger charge is 2.06. The van der Waals surface area contributed by atoms with Crippen molar-refractivity contribution in [3.05, 3.63) is 33.3 Å². The molecule has 1 aromatic carbocycles. The van der Waals surface area contributed by atoms with Crippen LogP contribution in [0.3, 0.4) is 0 Å². The van der Waals surface area contributed by atoms with E-state index in [1.165, 1.54) is 0 Å². The number of hydrogen-bond acceptors (Lipinski definition) is 2. The molecule has 1 aromatic rings. The van der Waals surface area contributed by atoms with Gasteiger partial charge in [0, 0.05) is 29.7 Å². The first-order valence-corrected chi connectivity index (χ1v) is 6.49. The Balaban J connectivity index is 2.62. The fourth-order valence-corrected chi connectivity index (χ4v) is 2.19. The Labute approximate surface area is 111 Å². The number of methoxy groups -OCH3 is 1. The van der Waals surface area contributed by atoms with Crippen molar-refractivity contribution >= 4 is 27.5 Å². The summed E-state index contributed by atoms with van der Waals surface area (Å²) >= 11 is 9.58. The zero-order chi connectivity index (χ0) is 12.0. The number of benzene rings is 1. The largest absolute Gasteiger partial charge is 0.383 e. The summed E-state index contributed by atoms with van der Waals surface area (Å²) in [5.74, 6) is 0. The summed E-state index contributed by atoms with van der Waals surface area (Å²) in [7, 11) is 1.72. The fourth-order valence-electron chi connectivity index (χ4n) is 1.46. The molecular formula is C12H17BrClNO. The van der Waals surface area contributed by atoms with Crippen molar-refractivity contribution in [1.29, 1.82) is 0 Å². The van der Waals surface area contributed by atoms with Crippen molar-refractivity contribution in [1.82, 2.24) is 4.90 Å². The second-order valence-corrected chi connectivity index (χ2v) is 4.92. The van der Waals surface area contributed by atoms with Crippen LogP contribution in [0, 0.1) is 0 Å². The summed E-state index contributed by atoms with van der Waals surface area (Å²) in [6, 6.07) is 6.01. The average Bonchev–Trinajstić information content (AvgIpc) is 2.27. The van der Waals surface area contributed by atoms with Crippen molar-refractivity contribution in [3.8, 4) is 0 Å². The van der Waals surface area contributed by atoms with Gasteiger partial charge in [-0.2, -0.15) is 0 Å². The summed E-state index contributed by atoms with van der Waals surface area (Å²) in [6.07, 6.45) is 0. The van der Waals surface area contributed by atoms with Gasteiger partial charge in [0.1, 0.15) is 0 Å². The van der Waals surface area contributed by atoms with E-state index in [4.69, 9.17) is 16.3 Å². The van der Waals surface area contributed by atoms with Gasteiger partial charge >= 0.3 is 0 Å². The van der Waals surface area contributed by atoms with Gasteiger partial charge in [0.25, 0.3) is 0 Å². The molecule has 4 heteroatoms. The minimum atomic E-state index is 0.752. The van der Waals surface area contributed by atoms with Crippen LogP contribution >= 0.6 is 27.5 Å². The summed E-state index contributed by atoms with van der Waals surface area (Å²) in [5.41, 5.74) is 1.16. The number of ether oxygens (including phenoxy) is 1. The van der Waals surface area contributed by atoms with E-state index < -0.39 is 0 Å². The highest BCUT2D eigenvalue weighted by molar-refractivity contribution is 9.10. The number of hydrogen-bond donors (Lipinski definition) is 0. The molecule has 0 saturated carbocycles. The lowest BCUT2D eigenvalue weighted by atomic mass is 10.2. The molecule has 16 heavy (non-hydrogen) atoms. The van der Waals surface area contributed by atoms with Crippen LogP contribution < -0.4 is 0 Å². The molecule has 0 heterocycles. The van der Waals surface area contributed by atoms with Crippen LogP contribution in [0.1, 0.15) is 12.5 Å². The molecule has 0 aromatic heterocycles. The summed E-state index contributed by atoms with van der Waals surface area (Å²) < 4.78 is 6.09. The Morgan fingerprint density at radius 2 is 2.19 bits per heavy atom. The van der Waals surface area contributed by atoms with Crippen molar-refractivity contribution in [2.24, 2.45) is 0 Å². The van der Waals surface area contributed by atoms with E-state index in [1.54, 1.807) is 7.11 Å². The number of nitrogens with zero attached hydrogens (tertiary/aromatic N) is 1. The zero-order valence-corrected chi connectivity index (χ0v) is 12.0. The predicted molar refractivity (Wildman–Crippen MR) is 72.0 cm³/mol. The Morgan fingerprint density at radius 1 is 1.44 bits per heavy atom. The third-order valence-electron chi connectivity index (χ3n) is 2.47. The lowest BCUT2D eigenvalue weighted by Crippen LogP contribution is -2.26. The van der Waals surface area contributed by atoms with Gasteiger partial charge in [-0.1, -0.05) is 40.5 Å². The molecule has 0 saturated heterocycles. The second kappa shape index (κ2) is 7.28. The van der Waals surface area contributed by atoms with Gasteiger partial charge in [0.05, 0.1) is 6.61 Å². The SMILES string of the molecule is CCN(CCOC)Cc1ccc(Br)cc1Cl. The van der Waals surface area contributed by atoms with E-state index >= 15 is 0 Å². The third-order valence-corrected chi connectivity index (χ3v) is 3.31. The highest BCUT2D eigenvalue weighted by Crippen LogP contribution is 2.22. The van der Waals surface area contributed by atoms with Crippen LogP contribution in [0.25, 0.3) is 0 Å². The Hall–Kier alpha value is -0.0900. The highest BCUT2D eigenvalue weighted by atomic mass is 79.9. The van der Waals surface area contributed by atoms with Crippen LogP contribution in [-0.2, 0) is 11.3 Å². The molecule has 90 valence electrons. The van der Waals surface area contributed by atoms with Crippen LogP contribution in [0.2, 0.25) is 5.02 Å². The normalized spacial score (nSPS) is 11.1. The smallest absolute Gasteiger partial charge is 0.0589 e. The molecule has 0 amide bonds. The summed E-state index contributed by atoms with van der Waals surface area (Å²) in [5, 5.41) is 0.810. The standard InChI is InChI=1S/C12H17BrClNO/c1-3-15(6-7-16-2)9-10-4-5-11(13)8-12(10)14/h4-5,8H,3,6-7,9H2,1-2H3. The van der Waals surface area contributed by atoms with Crippen molar-refractivity contribution < 1.29 is 4.74 Å². The maximum atomic E-state index is 6.18. The lowest BCUT2D eigenvalue weighted by Gasteiger charge is -2.20. The molecule has 0 fully saturated rings. The van der Waals surface area contributed by atoms with Crippen LogP contribution in [0.15, 0.2) is 22.7 Å². The molecule has 2 nitrogen and oxygen atoms in total. The number of halogens is 2. The molecule has 0 aliphatic carbocycles. The van der Waals surface area contributed by atoms with Crippen molar-refractivity contribution in [2.75, 3.05) is 26.8 Å². The molecule has 0 aliphatic rings. The summed E-state index contributed by atoms with van der Waals surface area (Å²) in [4.78, 5) is 2.30. The Bertz CT molecular complexity index is 333. The predicted octanol–water partition coefficient (Wildman–Crippen LogP) is 3.57. The maximum absolute atomic E-state index is 6.18. The first-order valence-electron chi connectivity index (χ1n) is 5.32. The maximum Gasteiger partial charge on any atom is 0.0589 e. The van der Waals surface area contributed by atoms with E-state index in [1.807, 2.05) is 12.1 Å². The van der Waals surface area contributed by atoms with Crippen molar-refractivity contribution in [3.63, 3.8) is 0 Å². The van der Waals surface area contributed by atoms with Gasteiger partial charge in [-0.25, -0.2) is 0 Å². The Kier molecular flexibility index (Phi) is 6.36. The van der Waals surface area contributed by atoms with Crippen LogP contribution in [0.5, 0.6) is 0 Å². The van der Waals surface area contributed by atoms with E-state index in [2.05, 4.69) is 33.8 Å². The molecule has 0 radical (unpaired) electrons. The molecule has 0 unspecified atom stereocenters. The minimum absolute atomic E-state index is 0.752. The number of likely N-dealkylation sites (N-methyl/N-ethyl adjacent to an activating group) is 1. The fraction of sp³-hybridized carbons (Fsp3) is 0.500. The van der Waals surface area contributed by atoms with Gasteiger partial charge in [-0.15, -0.1) is 0 Å². The molecule has 0 atom stereocenters. The van der Waals surface area contributed by atoms with Crippen LogP contribution in [-0.4, -0.2) is 31.7 Å². The first-order chi connectivity index (χ1) is 7.67. The van der Waals surface area contributed by atoms with Gasteiger partial charge in [0.15, 0.2) is 0 Å². The van der Waals surface area contributed by atoms with Crippen molar-refractivity contribution in [2.45, 2.75) is 13.5 Å². The topological polar surface area (TPSA) is 12.5 Å². The molecule has 0 bridgehead atoms. The minimum Gasteiger partial charge on any atom is -0.383 e. The van der Waals surface area contributed by atoms with Gasteiger partial charge in [0.2, 0.25) is 0 Å². The quantitative estimate of drug-likeness (QED) is 0.796. The second-order valence-electron chi connectivity index (χ2n) is 3.60. The average molecular weight is 307 g/mol. The third kappa shape index (κ3) is 4.42. The molecule has 1 rings (SSSR count). The molecule has 0 N–H and O–H groups in total. The molecule has 0 aliphatic heterocycles. The Morgan fingerprint density at radius 3 is 2.75 bits per heavy atom. The zero-order valence-electron chi connectivity index (χ0n) is 9.67. The number of rotatable bonds is 6. The van der Waals surface area contributed by atoms with Crippen LogP contribution in [0.4, 0.5) is 0 Å². The van der Waals surface area contributed by atoms with Gasteiger partial charge < -0.3 is 4.74 Å². The lowest BCUT2D eigenvalue weighted by molar-refractivity contribution is 0.147. The van der Waals surface area contributed by atoms with E-state index in [9.17, 15) is 0 Å². The van der Waals surface area contributed by atoms with E-state index in [0.717, 1.165) is 41.3 Å². The first kappa shape index (κ1) is 14.0. The molecular weight excluding hydrogens is 289 g/mol. The monoisotopic (exact) mass is 305 g/mol. The summed E-state index contributed by atoms with van der Waals surface area (Å²) in [6.45, 7) is 5.69. The van der Waals surface area contributed by atoms with Gasteiger partial charge in [-0.05, 0) is 24.2 Å².